The molecule has 1 aromatic rings. The fraction of sp³-hybridized carbons (Fsp3) is 0.636. The lowest BCUT2D eigenvalue weighted by molar-refractivity contribution is -0.146. The summed E-state index contributed by atoms with van der Waals surface area (Å²) in [7, 11) is 0. The van der Waals surface area contributed by atoms with Crippen molar-refractivity contribution in [1.82, 2.24) is 4.90 Å². The Balaban J connectivity index is 2.91. The van der Waals surface area contributed by atoms with Crippen molar-refractivity contribution in [3.63, 3.8) is 0 Å². The molecule has 0 aliphatic rings. The van der Waals surface area contributed by atoms with E-state index >= 15 is 0 Å². The fourth-order valence-electron chi connectivity index (χ4n) is 2.95. The number of ether oxygens (including phenoxy) is 2. The Morgan fingerprint density at radius 3 is 2.04 bits per heavy atom. The second-order valence-corrected chi connectivity index (χ2v) is 6.98. The molecule has 0 aliphatic carbocycles. The monoisotopic (exact) mass is 377 g/mol. The number of carbonyl (C=O) groups is 2. The van der Waals surface area contributed by atoms with Gasteiger partial charge in [0.2, 0.25) is 0 Å². The van der Waals surface area contributed by atoms with Gasteiger partial charge in [-0.15, -0.1) is 0 Å². The Morgan fingerprint density at radius 1 is 0.963 bits per heavy atom. The first-order valence-electron chi connectivity index (χ1n) is 10.1. The van der Waals surface area contributed by atoms with Gasteiger partial charge >= 0.3 is 5.97 Å². The minimum absolute atomic E-state index is 0.0518. The van der Waals surface area contributed by atoms with Crippen molar-refractivity contribution in [2.75, 3.05) is 26.4 Å². The molecule has 1 rings (SSSR count). The third-order valence-corrected chi connectivity index (χ3v) is 4.26. The average Bonchev–Trinajstić information content (AvgIpc) is 2.63. The van der Waals surface area contributed by atoms with Gasteiger partial charge in [0.15, 0.2) is 0 Å². The second-order valence-electron chi connectivity index (χ2n) is 6.98. The molecule has 0 atom stereocenters. The molecule has 0 fully saturated rings. The van der Waals surface area contributed by atoms with Crippen LogP contribution in [0.5, 0.6) is 0 Å². The Kier molecular flexibility index (Phi) is 10.7. The van der Waals surface area contributed by atoms with Gasteiger partial charge in [-0.1, -0.05) is 32.8 Å². The number of hydrogen-bond donors (Lipinski definition) is 0. The van der Waals surface area contributed by atoms with Crippen LogP contribution in [0.15, 0.2) is 18.2 Å². The third kappa shape index (κ3) is 8.12. The van der Waals surface area contributed by atoms with E-state index in [2.05, 4.69) is 19.9 Å². The van der Waals surface area contributed by atoms with Gasteiger partial charge in [-0.2, -0.15) is 0 Å². The van der Waals surface area contributed by atoms with Crippen LogP contribution in [0, 0.1) is 0 Å². The van der Waals surface area contributed by atoms with E-state index in [1.54, 1.807) is 4.90 Å². The highest BCUT2D eigenvalue weighted by molar-refractivity contribution is 5.96. The zero-order valence-corrected chi connectivity index (χ0v) is 17.5. The van der Waals surface area contributed by atoms with Crippen molar-refractivity contribution in [2.24, 2.45) is 0 Å². The normalized spacial score (nSPS) is 10.9. The smallest absolute Gasteiger partial charge is 0.325 e. The minimum Gasteiger partial charge on any atom is -0.462 e. The average molecular weight is 378 g/mol. The Labute approximate surface area is 164 Å². The molecule has 0 unspecified atom stereocenters. The van der Waals surface area contributed by atoms with Crippen LogP contribution in [0.25, 0.3) is 0 Å². The highest BCUT2D eigenvalue weighted by Crippen LogP contribution is 2.17. The van der Waals surface area contributed by atoms with Crippen LogP contribution in [-0.2, 0) is 27.1 Å². The Morgan fingerprint density at radius 2 is 1.56 bits per heavy atom. The van der Waals surface area contributed by atoms with Crippen LogP contribution in [0.3, 0.4) is 0 Å². The molecule has 0 aromatic heterocycles. The largest absolute Gasteiger partial charge is 0.462 e. The minimum atomic E-state index is -0.407. The van der Waals surface area contributed by atoms with Crippen molar-refractivity contribution >= 4 is 11.9 Å². The van der Waals surface area contributed by atoms with Crippen LogP contribution < -0.4 is 0 Å². The SMILES string of the molecule is CCCc1cc(CCC)cc(C(=O)N(CC(=O)OCCOCC)C(C)C)c1. The number of hydrogen-bond acceptors (Lipinski definition) is 4. The number of benzene rings is 1. The quantitative estimate of drug-likeness (QED) is 0.408. The first kappa shape index (κ1) is 23.2. The summed E-state index contributed by atoms with van der Waals surface area (Å²) in [6.07, 6.45) is 3.95. The van der Waals surface area contributed by atoms with Crippen LogP contribution in [0.2, 0.25) is 0 Å². The van der Waals surface area contributed by atoms with Gasteiger partial charge in [0.1, 0.15) is 13.2 Å². The van der Waals surface area contributed by atoms with E-state index in [-0.39, 0.29) is 25.1 Å². The molecule has 0 saturated carbocycles. The number of carbonyl (C=O) groups excluding carboxylic acids is 2. The first-order chi connectivity index (χ1) is 12.9. The summed E-state index contributed by atoms with van der Waals surface area (Å²) < 4.78 is 10.3. The summed E-state index contributed by atoms with van der Waals surface area (Å²) in [5.41, 5.74) is 3.00. The van der Waals surface area contributed by atoms with Crippen LogP contribution in [0.1, 0.15) is 68.9 Å². The van der Waals surface area contributed by atoms with Crippen molar-refractivity contribution < 1.29 is 19.1 Å². The zero-order valence-electron chi connectivity index (χ0n) is 17.5. The first-order valence-corrected chi connectivity index (χ1v) is 10.1. The van der Waals surface area contributed by atoms with Crippen molar-refractivity contribution in [1.29, 1.82) is 0 Å². The molecule has 27 heavy (non-hydrogen) atoms. The van der Waals surface area contributed by atoms with E-state index in [0.29, 0.717) is 18.8 Å². The molecule has 5 heteroatoms. The van der Waals surface area contributed by atoms with E-state index in [4.69, 9.17) is 9.47 Å². The maximum absolute atomic E-state index is 13.1. The number of esters is 1. The number of aryl methyl sites for hydroxylation is 2. The summed E-state index contributed by atoms with van der Waals surface area (Å²) in [6, 6.07) is 6.01. The van der Waals surface area contributed by atoms with Gasteiger partial charge < -0.3 is 14.4 Å². The van der Waals surface area contributed by atoms with E-state index < -0.39 is 5.97 Å². The van der Waals surface area contributed by atoms with Gasteiger partial charge in [0.05, 0.1) is 6.61 Å². The molecule has 0 aliphatic heterocycles. The lowest BCUT2D eigenvalue weighted by Crippen LogP contribution is -2.41. The van der Waals surface area contributed by atoms with Gasteiger partial charge in [-0.25, -0.2) is 0 Å². The summed E-state index contributed by atoms with van der Waals surface area (Å²) >= 11 is 0. The molecule has 0 saturated heterocycles. The number of nitrogens with zero attached hydrogens (tertiary/aromatic N) is 1. The van der Waals surface area contributed by atoms with E-state index in [9.17, 15) is 9.59 Å². The van der Waals surface area contributed by atoms with E-state index in [1.165, 1.54) is 11.1 Å². The molecule has 152 valence electrons. The van der Waals surface area contributed by atoms with Crippen molar-refractivity contribution in [3.8, 4) is 0 Å². The lowest BCUT2D eigenvalue weighted by atomic mass is 9.99. The topological polar surface area (TPSA) is 55.8 Å². The fourth-order valence-corrected chi connectivity index (χ4v) is 2.95. The molecule has 1 amide bonds. The Bertz CT molecular complexity index is 574. The lowest BCUT2D eigenvalue weighted by Gasteiger charge is -2.26. The highest BCUT2D eigenvalue weighted by Gasteiger charge is 2.23. The molecule has 0 bridgehead atoms. The maximum atomic E-state index is 13.1. The zero-order chi connectivity index (χ0) is 20.2. The van der Waals surface area contributed by atoms with Gasteiger partial charge in [0.25, 0.3) is 5.91 Å². The molecule has 0 heterocycles. The van der Waals surface area contributed by atoms with Gasteiger partial charge in [0, 0.05) is 18.2 Å². The van der Waals surface area contributed by atoms with Crippen LogP contribution >= 0.6 is 0 Å². The van der Waals surface area contributed by atoms with E-state index in [0.717, 1.165) is 25.7 Å². The maximum Gasteiger partial charge on any atom is 0.325 e. The van der Waals surface area contributed by atoms with Crippen LogP contribution in [0.4, 0.5) is 0 Å². The van der Waals surface area contributed by atoms with E-state index in [1.807, 2.05) is 32.9 Å². The number of amides is 1. The molecule has 1 aromatic carbocycles. The molecule has 0 spiro atoms. The summed E-state index contributed by atoms with van der Waals surface area (Å²) in [4.78, 5) is 26.8. The standard InChI is InChI=1S/C22H35NO4/c1-6-9-18-13-19(10-7-2)15-20(14-18)22(25)23(17(4)5)16-21(24)27-12-11-26-8-3/h13-15,17H,6-12,16H2,1-5H3. The Hall–Kier alpha value is -1.88. The second kappa shape index (κ2) is 12.5. The molecular formula is C22H35NO4. The molecule has 0 N–H and O–H groups in total. The summed E-state index contributed by atoms with van der Waals surface area (Å²) in [5, 5.41) is 0. The van der Waals surface area contributed by atoms with Crippen molar-refractivity contribution in [2.45, 2.75) is 66.3 Å². The third-order valence-electron chi connectivity index (χ3n) is 4.26. The van der Waals surface area contributed by atoms with Gasteiger partial charge in [-0.05, 0) is 56.9 Å². The van der Waals surface area contributed by atoms with Crippen molar-refractivity contribution in [3.05, 3.63) is 34.9 Å². The molecular weight excluding hydrogens is 342 g/mol. The van der Waals surface area contributed by atoms with Gasteiger partial charge in [-0.3, -0.25) is 9.59 Å². The predicted octanol–water partition coefficient (Wildman–Crippen LogP) is 4.02. The summed E-state index contributed by atoms with van der Waals surface area (Å²) in [5.74, 6) is -0.530. The molecule has 0 radical (unpaired) electrons. The molecule has 5 nitrogen and oxygen atoms in total. The predicted molar refractivity (Wildman–Crippen MR) is 108 cm³/mol. The summed E-state index contributed by atoms with van der Waals surface area (Å²) in [6.45, 7) is 11.1. The highest BCUT2D eigenvalue weighted by atomic mass is 16.6. The van der Waals surface area contributed by atoms with Crippen LogP contribution in [-0.4, -0.2) is 49.2 Å². The number of rotatable bonds is 12.